The maximum atomic E-state index is 12.4. The fourth-order valence-electron chi connectivity index (χ4n) is 3.97. The van der Waals surface area contributed by atoms with E-state index in [4.69, 9.17) is 9.84 Å². The number of benzene rings is 2. The molecule has 0 fully saturated rings. The summed E-state index contributed by atoms with van der Waals surface area (Å²) in [6, 6.07) is 15.7. The Morgan fingerprint density at radius 3 is 2.36 bits per heavy atom. The fourth-order valence-corrected chi connectivity index (χ4v) is 4.67. The summed E-state index contributed by atoms with van der Waals surface area (Å²) in [7, 11) is 0. The normalized spacial score (nSPS) is 13.0. The van der Waals surface area contributed by atoms with Crippen molar-refractivity contribution in [2.45, 2.75) is 31.7 Å². The van der Waals surface area contributed by atoms with Crippen LogP contribution < -0.4 is 10.6 Å². The van der Waals surface area contributed by atoms with Gasteiger partial charge in [0.05, 0.1) is 18.5 Å². The number of rotatable bonds is 8. The highest BCUT2D eigenvalue weighted by molar-refractivity contribution is 7.13. The maximum absolute atomic E-state index is 12.4. The molecule has 8 nitrogen and oxygen atoms in total. The molecule has 2 aromatic carbocycles. The molecule has 2 amide bonds. The summed E-state index contributed by atoms with van der Waals surface area (Å²) in [6.07, 6.45) is -0.776. The van der Waals surface area contributed by atoms with Crippen LogP contribution in [0.25, 0.3) is 11.1 Å². The van der Waals surface area contributed by atoms with Crippen molar-refractivity contribution in [3.05, 3.63) is 70.7 Å². The van der Waals surface area contributed by atoms with Crippen molar-refractivity contribution in [3.63, 3.8) is 0 Å². The predicted octanol–water partition coefficient (Wildman–Crippen LogP) is 4.03. The first-order valence-electron chi connectivity index (χ1n) is 10.5. The minimum atomic E-state index is -0.981. The van der Waals surface area contributed by atoms with Gasteiger partial charge in [-0.05, 0) is 29.2 Å². The number of carbonyl (C=O) groups excluding carboxylic acids is 2. The van der Waals surface area contributed by atoms with Gasteiger partial charge in [0.2, 0.25) is 5.91 Å². The molecule has 4 rings (SSSR count). The molecule has 0 aliphatic heterocycles. The van der Waals surface area contributed by atoms with Crippen LogP contribution in [0.2, 0.25) is 0 Å². The van der Waals surface area contributed by atoms with E-state index in [1.54, 1.807) is 12.3 Å². The number of ether oxygens (including phenoxy) is 1. The summed E-state index contributed by atoms with van der Waals surface area (Å²) < 4.78 is 5.51. The number of aromatic nitrogens is 1. The summed E-state index contributed by atoms with van der Waals surface area (Å²) in [5.41, 5.74) is 5.05. The van der Waals surface area contributed by atoms with E-state index >= 15 is 0 Å². The van der Waals surface area contributed by atoms with Crippen LogP contribution in [0.5, 0.6) is 0 Å². The lowest BCUT2D eigenvalue weighted by molar-refractivity contribution is -0.137. The van der Waals surface area contributed by atoms with Crippen LogP contribution in [0.3, 0.4) is 0 Å². The standard InChI is InChI=1S/C24H23N3O5S/c1-14(10-22(29)30)25-21(28)11-15-13-33-23(26-15)27-24(31)32-12-20-18-8-4-2-6-16(18)17-7-3-5-9-19(17)20/h2-9,13-14,20H,10-12H2,1H3,(H,25,28)(H,29,30)(H,26,27,31)/t14-/m0/s1. The Balaban J connectivity index is 1.31. The van der Waals surface area contributed by atoms with E-state index in [0.717, 1.165) is 22.3 Å². The van der Waals surface area contributed by atoms with Crippen molar-refractivity contribution in [1.29, 1.82) is 0 Å². The molecule has 1 aromatic heterocycles. The molecule has 1 heterocycles. The average Bonchev–Trinajstić information content (AvgIpc) is 3.33. The second-order valence-electron chi connectivity index (χ2n) is 7.84. The molecule has 0 saturated heterocycles. The minimum Gasteiger partial charge on any atom is -0.481 e. The predicted molar refractivity (Wildman–Crippen MR) is 124 cm³/mol. The van der Waals surface area contributed by atoms with Gasteiger partial charge in [0.25, 0.3) is 0 Å². The number of nitrogens with zero attached hydrogens (tertiary/aromatic N) is 1. The van der Waals surface area contributed by atoms with Gasteiger partial charge < -0.3 is 15.2 Å². The van der Waals surface area contributed by atoms with Crippen molar-refractivity contribution in [2.24, 2.45) is 0 Å². The fraction of sp³-hybridized carbons (Fsp3) is 0.250. The molecule has 9 heteroatoms. The number of fused-ring (bicyclic) bond motifs is 3. The zero-order chi connectivity index (χ0) is 23.4. The average molecular weight is 466 g/mol. The Morgan fingerprint density at radius 2 is 1.73 bits per heavy atom. The van der Waals surface area contributed by atoms with Gasteiger partial charge in [0.1, 0.15) is 6.61 Å². The summed E-state index contributed by atoms with van der Waals surface area (Å²) in [5, 5.41) is 16.0. The van der Waals surface area contributed by atoms with Gasteiger partial charge >= 0.3 is 12.1 Å². The van der Waals surface area contributed by atoms with Gasteiger partial charge in [0, 0.05) is 17.3 Å². The number of nitrogens with one attached hydrogen (secondary N) is 2. The van der Waals surface area contributed by atoms with E-state index in [1.807, 2.05) is 24.3 Å². The Bertz CT molecular complexity index is 1150. The number of hydrogen-bond acceptors (Lipinski definition) is 6. The largest absolute Gasteiger partial charge is 0.481 e. The lowest BCUT2D eigenvalue weighted by Gasteiger charge is -2.14. The molecular formula is C24H23N3O5S. The smallest absolute Gasteiger partial charge is 0.413 e. The minimum absolute atomic E-state index is 0.00711. The van der Waals surface area contributed by atoms with E-state index in [9.17, 15) is 14.4 Å². The number of carboxylic acid groups (broad SMARTS) is 1. The van der Waals surface area contributed by atoms with E-state index in [2.05, 4.69) is 39.9 Å². The molecule has 0 unspecified atom stereocenters. The SMILES string of the molecule is C[C@@H](CC(=O)O)NC(=O)Cc1csc(NC(=O)OCC2c3ccccc3-c3ccccc32)n1. The van der Waals surface area contributed by atoms with Crippen molar-refractivity contribution in [1.82, 2.24) is 10.3 Å². The lowest BCUT2D eigenvalue weighted by Crippen LogP contribution is -2.35. The Kier molecular flexibility index (Phi) is 6.69. The van der Waals surface area contributed by atoms with E-state index in [0.29, 0.717) is 10.8 Å². The van der Waals surface area contributed by atoms with Gasteiger partial charge in [-0.2, -0.15) is 0 Å². The second-order valence-corrected chi connectivity index (χ2v) is 8.70. The highest BCUT2D eigenvalue weighted by atomic mass is 32.1. The van der Waals surface area contributed by atoms with Crippen LogP contribution in [0, 0.1) is 0 Å². The monoisotopic (exact) mass is 465 g/mol. The molecule has 1 aliphatic carbocycles. The molecule has 170 valence electrons. The molecule has 0 saturated carbocycles. The number of amides is 2. The molecule has 0 bridgehead atoms. The van der Waals surface area contributed by atoms with E-state index in [1.165, 1.54) is 11.3 Å². The molecule has 3 aromatic rings. The van der Waals surface area contributed by atoms with Crippen LogP contribution in [-0.4, -0.2) is 40.7 Å². The topological polar surface area (TPSA) is 118 Å². The van der Waals surface area contributed by atoms with Gasteiger partial charge in [-0.15, -0.1) is 11.3 Å². The summed E-state index contributed by atoms with van der Waals surface area (Å²) in [5.74, 6) is -1.35. The van der Waals surface area contributed by atoms with E-state index in [-0.39, 0.29) is 31.3 Å². The highest BCUT2D eigenvalue weighted by Gasteiger charge is 2.29. The van der Waals surface area contributed by atoms with Crippen LogP contribution >= 0.6 is 11.3 Å². The first-order chi connectivity index (χ1) is 15.9. The Labute approximate surface area is 194 Å². The van der Waals surface area contributed by atoms with Crippen molar-refractivity contribution in [2.75, 3.05) is 11.9 Å². The maximum Gasteiger partial charge on any atom is 0.413 e. The van der Waals surface area contributed by atoms with Gasteiger partial charge in [-0.25, -0.2) is 9.78 Å². The summed E-state index contributed by atoms with van der Waals surface area (Å²) in [6.45, 7) is 1.82. The van der Waals surface area contributed by atoms with Gasteiger partial charge in [-0.3, -0.25) is 14.9 Å². The quantitative estimate of drug-likeness (QED) is 0.462. The number of carbonyl (C=O) groups is 3. The molecule has 1 aliphatic rings. The number of aliphatic carboxylic acids is 1. The van der Waals surface area contributed by atoms with Crippen molar-refractivity contribution >= 4 is 34.4 Å². The third kappa shape index (κ3) is 5.38. The van der Waals surface area contributed by atoms with Crippen LogP contribution in [-0.2, 0) is 20.7 Å². The van der Waals surface area contributed by atoms with Gasteiger partial charge in [-0.1, -0.05) is 48.5 Å². The third-order valence-electron chi connectivity index (χ3n) is 5.33. The second kappa shape index (κ2) is 9.83. The third-order valence-corrected chi connectivity index (χ3v) is 6.14. The molecular weight excluding hydrogens is 442 g/mol. The van der Waals surface area contributed by atoms with Crippen LogP contribution in [0.4, 0.5) is 9.93 Å². The van der Waals surface area contributed by atoms with Crippen LogP contribution in [0.15, 0.2) is 53.9 Å². The summed E-state index contributed by atoms with van der Waals surface area (Å²) in [4.78, 5) is 39.3. The first-order valence-corrected chi connectivity index (χ1v) is 11.4. The Morgan fingerprint density at radius 1 is 1.09 bits per heavy atom. The van der Waals surface area contributed by atoms with Gasteiger partial charge in [0.15, 0.2) is 5.13 Å². The molecule has 0 spiro atoms. The number of anilines is 1. The molecule has 1 atom stereocenters. The number of carboxylic acids is 1. The molecule has 3 N–H and O–H groups in total. The van der Waals surface area contributed by atoms with Crippen molar-refractivity contribution < 1.29 is 24.2 Å². The number of thiazole rings is 1. The molecule has 33 heavy (non-hydrogen) atoms. The van der Waals surface area contributed by atoms with Crippen molar-refractivity contribution in [3.8, 4) is 11.1 Å². The Hall–Kier alpha value is -3.72. The summed E-state index contributed by atoms with van der Waals surface area (Å²) >= 11 is 1.19. The highest BCUT2D eigenvalue weighted by Crippen LogP contribution is 2.44. The molecule has 0 radical (unpaired) electrons. The lowest BCUT2D eigenvalue weighted by atomic mass is 9.98. The zero-order valence-corrected chi connectivity index (χ0v) is 18.7. The zero-order valence-electron chi connectivity index (χ0n) is 17.9. The number of hydrogen-bond donors (Lipinski definition) is 3. The first kappa shape index (κ1) is 22.5. The van der Waals surface area contributed by atoms with E-state index < -0.39 is 18.1 Å². The van der Waals surface area contributed by atoms with Crippen LogP contribution in [0.1, 0.15) is 36.1 Å².